The van der Waals surface area contributed by atoms with Gasteiger partial charge in [0.15, 0.2) is 0 Å². The van der Waals surface area contributed by atoms with E-state index in [0.717, 1.165) is 29.9 Å². The first-order chi connectivity index (χ1) is 11.7. The van der Waals surface area contributed by atoms with Crippen LogP contribution in [0.15, 0.2) is 48.5 Å². The molecule has 0 radical (unpaired) electrons. The number of unbranched alkanes of at least 4 members (excludes halogenated alkanes) is 1. The normalized spacial score (nSPS) is 10.4. The predicted molar refractivity (Wildman–Crippen MR) is 97.0 cm³/mol. The molecule has 0 amide bonds. The number of thioether (sulfide) groups is 1. The van der Waals surface area contributed by atoms with Crippen LogP contribution in [0, 0.1) is 10.1 Å². The Morgan fingerprint density at radius 1 is 1.00 bits per heavy atom. The minimum absolute atomic E-state index is 0.0731. The predicted octanol–water partition coefficient (Wildman–Crippen LogP) is 4.70. The zero-order valence-corrected chi connectivity index (χ0v) is 14.5. The number of rotatable bonds is 10. The van der Waals surface area contributed by atoms with Crippen molar-refractivity contribution >= 4 is 17.4 Å². The zero-order chi connectivity index (χ0) is 17.2. The maximum Gasteiger partial charge on any atom is 0.273 e. The number of nitro benzene ring substituents is 1. The third-order valence-electron chi connectivity index (χ3n) is 3.29. The number of nitro groups is 1. The molecule has 2 rings (SSSR count). The molecule has 24 heavy (non-hydrogen) atoms. The van der Waals surface area contributed by atoms with Crippen molar-refractivity contribution in [2.45, 2.75) is 18.6 Å². The van der Waals surface area contributed by atoms with Gasteiger partial charge in [0.05, 0.1) is 24.2 Å². The molecule has 0 N–H and O–H groups in total. The van der Waals surface area contributed by atoms with Gasteiger partial charge in [0, 0.05) is 11.8 Å². The van der Waals surface area contributed by atoms with Crippen molar-refractivity contribution in [3.05, 3.63) is 64.2 Å². The highest BCUT2D eigenvalue weighted by Gasteiger charge is 2.10. The summed E-state index contributed by atoms with van der Waals surface area (Å²) in [6.45, 7) is 1.14. The molecule has 0 atom stereocenters. The second-order valence-corrected chi connectivity index (χ2v) is 6.11. The van der Waals surface area contributed by atoms with Crippen LogP contribution in [0.4, 0.5) is 5.69 Å². The molecule has 128 valence electrons. The second-order valence-electron chi connectivity index (χ2n) is 5.24. The van der Waals surface area contributed by atoms with E-state index >= 15 is 0 Å². The number of non-ortho nitro benzene ring substituents is 1. The highest BCUT2D eigenvalue weighted by molar-refractivity contribution is 7.97. The van der Waals surface area contributed by atoms with E-state index in [1.807, 2.05) is 42.7 Å². The van der Waals surface area contributed by atoms with E-state index in [4.69, 9.17) is 9.47 Å². The Balaban J connectivity index is 1.76. The molecule has 0 heterocycles. The lowest BCUT2D eigenvalue weighted by atomic mass is 10.2. The van der Waals surface area contributed by atoms with Crippen LogP contribution >= 0.6 is 11.8 Å². The standard InChI is InChI=1S/C18H21NO4S/c1-24-14-15-11-16(19(20)21)13-18(12-15)23-10-6-5-9-22-17-7-3-2-4-8-17/h2-4,7-8,11-13H,5-6,9-10,14H2,1H3. The largest absolute Gasteiger partial charge is 0.494 e. The first-order valence-corrected chi connectivity index (χ1v) is 9.16. The van der Waals surface area contributed by atoms with Crippen molar-refractivity contribution in [1.29, 1.82) is 0 Å². The van der Waals surface area contributed by atoms with E-state index in [9.17, 15) is 10.1 Å². The van der Waals surface area contributed by atoms with Gasteiger partial charge in [-0.1, -0.05) is 18.2 Å². The summed E-state index contributed by atoms with van der Waals surface area (Å²) >= 11 is 1.62. The van der Waals surface area contributed by atoms with Crippen molar-refractivity contribution in [2.75, 3.05) is 19.5 Å². The number of benzene rings is 2. The number of nitrogens with zero attached hydrogens (tertiary/aromatic N) is 1. The van der Waals surface area contributed by atoms with Gasteiger partial charge < -0.3 is 9.47 Å². The van der Waals surface area contributed by atoms with E-state index < -0.39 is 0 Å². The average Bonchev–Trinajstić information content (AvgIpc) is 2.59. The molecule has 0 bridgehead atoms. The van der Waals surface area contributed by atoms with Gasteiger partial charge in [-0.3, -0.25) is 10.1 Å². The van der Waals surface area contributed by atoms with Crippen LogP contribution in [0.1, 0.15) is 18.4 Å². The van der Waals surface area contributed by atoms with Gasteiger partial charge in [-0.25, -0.2) is 0 Å². The van der Waals surface area contributed by atoms with Crippen LogP contribution in [0.5, 0.6) is 11.5 Å². The summed E-state index contributed by atoms with van der Waals surface area (Å²) in [6.07, 6.45) is 3.65. The molecule has 2 aromatic carbocycles. The zero-order valence-electron chi connectivity index (χ0n) is 13.6. The fraction of sp³-hybridized carbons (Fsp3) is 0.333. The first kappa shape index (κ1) is 18.1. The average molecular weight is 347 g/mol. The van der Waals surface area contributed by atoms with Gasteiger partial charge in [-0.05, 0) is 42.9 Å². The van der Waals surface area contributed by atoms with Crippen LogP contribution in [-0.4, -0.2) is 24.4 Å². The fourth-order valence-corrected chi connectivity index (χ4v) is 2.68. The molecule has 0 unspecified atom stereocenters. The van der Waals surface area contributed by atoms with Gasteiger partial charge >= 0.3 is 0 Å². The number of hydrogen-bond acceptors (Lipinski definition) is 5. The Labute approximate surface area is 146 Å². The Morgan fingerprint density at radius 3 is 2.29 bits per heavy atom. The number of hydrogen-bond donors (Lipinski definition) is 0. The van der Waals surface area contributed by atoms with Crippen LogP contribution in [0.25, 0.3) is 0 Å². The molecule has 0 aliphatic heterocycles. The highest BCUT2D eigenvalue weighted by atomic mass is 32.2. The summed E-state index contributed by atoms with van der Waals surface area (Å²) in [5, 5.41) is 11.0. The molecule has 6 heteroatoms. The second kappa shape index (κ2) is 9.82. The Morgan fingerprint density at radius 2 is 1.67 bits per heavy atom. The minimum atomic E-state index is -0.385. The number of para-hydroxylation sites is 1. The van der Waals surface area contributed by atoms with Crippen molar-refractivity contribution < 1.29 is 14.4 Å². The van der Waals surface area contributed by atoms with Gasteiger partial charge in [0.2, 0.25) is 0 Å². The summed E-state index contributed by atoms with van der Waals surface area (Å²) in [5.74, 6) is 2.14. The smallest absolute Gasteiger partial charge is 0.273 e. The van der Waals surface area contributed by atoms with Crippen molar-refractivity contribution in [3.8, 4) is 11.5 Å². The maximum atomic E-state index is 11.0. The monoisotopic (exact) mass is 347 g/mol. The Hall–Kier alpha value is -2.21. The Bertz CT molecular complexity index is 649. The van der Waals surface area contributed by atoms with Gasteiger partial charge in [-0.15, -0.1) is 0 Å². The number of ether oxygens (including phenoxy) is 2. The molecule has 0 saturated heterocycles. The lowest BCUT2D eigenvalue weighted by Gasteiger charge is -2.09. The van der Waals surface area contributed by atoms with E-state index in [1.165, 1.54) is 6.07 Å². The fourth-order valence-electron chi connectivity index (χ4n) is 2.18. The lowest BCUT2D eigenvalue weighted by Crippen LogP contribution is -2.03. The van der Waals surface area contributed by atoms with Crippen LogP contribution < -0.4 is 9.47 Å². The topological polar surface area (TPSA) is 61.6 Å². The third kappa shape index (κ3) is 6.12. The first-order valence-electron chi connectivity index (χ1n) is 7.77. The van der Waals surface area contributed by atoms with Gasteiger partial charge in [-0.2, -0.15) is 11.8 Å². The molecule has 0 aliphatic carbocycles. The summed E-state index contributed by atoms with van der Waals surface area (Å²) < 4.78 is 11.3. The van der Waals surface area contributed by atoms with Crippen LogP contribution in [0.2, 0.25) is 0 Å². The van der Waals surface area contributed by atoms with E-state index in [0.29, 0.717) is 19.0 Å². The summed E-state index contributed by atoms with van der Waals surface area (Å²) in [4.78, 5) is 10.6. The van der Waals surface area contributed by atoms with Gasteiger partial charge in [0.1, 0.15) is 11.5 Å². The molecule has 0 aliphatic rings. The molecule has 0 aromatic heterocycles. The minimum Gasteiger partial charge on any atom is -0.494 e. The molecule has 0 fully saturated rings. The highest BCUT2D eigenvalue weighted by Crippen LogP contribution is 2.25. The van der Waals surface area contributed by atoms with E-state index in [1.54, 1.807) is 17.8 Å². The maximum absolute atomic E-state index is 11.0. The summed E-state index contributed by atoms with van der Waals surface area (Å²) in [7, 11) is 0. The quantitative estimate of drug-likeness (QED) is 0.354. The van der Waals surface area contributed by atoms with Crippen LogP contribution in [0.3, 0.4) is 0 Å². The van der Waals surface area contributed by atoms with Crippen molar-refractivity contribution in [3.63, 3.8) is 0 Å². The third-order valence-corrected chi connectivity index (χ3v) is 3.91. The lowest BCUT2D eigenvalue weighted by molar-refractivity contribution is -0.385. The molecule has 0 spiro atoms. The molecule has 0 saturated carbocycles. The van der Waals surface area contributed by atoms with Crippen molar-refractivity contribution in [1.82, 2.24) is 0 Å². The van der Waals surface area contributed by atoms with E-state index in [-0.39, 0.29) is 10.6 Å². The summed E-state index contributed by atoms with van der Waals surface area (Å²) in [6, 6.07) is 14.6. The molecule has 2 aromatic rings. The van der Waals surface area contributed by atoms with Crippen LogP contribution in [-0.2, 0) is 5.75 Å². The molecule has 5 nitrogen and oxygen atoms in total. The van der Waals surface area contributed by atoms with Gasteiger partial charge in [0.25, 0.3) is 5.69 Å². The molecular formula is C18H21NO4S. The summed E-state index contributed by atoms with van der Waals surface area (Å²) in [5.41, 5.74) is 0.975. The SMILES string of the molecule is CSCc1cc(OCCCCOc2ccccc2)cc([N+](=O)[O-])c1. The molecular weight excluding hydrogens is 326 g/mol. The Kier molecular flexibility index (Phi) is 7.42. The van der Waals surface area contributed by atoms with E-state index in [2.05, 4.69) is 0 Å². The van der Waals surface area contributed by atoms with Crippen molar-refractivity contribution in [2.24, 2.45) is 0 Å².